The second-order valence-corrected chi connectivity index (χ2v) is 3.56. The highest BCUT2D eigenvalue weighted by Crippen LogP contribution is 2.26. The smallest absolute Gasteiger partial charge is 0.215 e. The standard InChI is InChI=1S/C8H13NO3/c1-8(2)7(6(11)4-10)9(3)5-12-8/h4,7H,5H2,1-3H3. The predicted octanol–water partition coefficient (Wildman–Crippen LogP) is -0.179. The Balaban J connectivity index is 2.84. The molecule has 1 fully saturated rings. The SMILES string of the molecule is CN1COC(C)(C)C1C(=O)C=O. The number of hydrogen-bond donors (Lipinski definition) is 0. The first kappa shape index (κ1) is 9.35. The van der Waals surface area contributed by atoms with E-state index in [0.29, 0.717) is 13.0 Å². The minimum Gasteiger partial charge on any atom is -0.358 e. The first-order valence-electron chi connectivity index (χ1n) is 3.82. The van der Waals surface area contributed by atoms with Crippen LogP contribution in [0.5, 0.6) is 0 Å². The van der Waals surface area contributed by atoms with E-state index in [0.717, 1.165) is 0 Å². The van der Waals surface area contributed by atoms with Crippen LogP contribution in [-0.2, 0) is 14.3 Å². The van der Waals surface area contributed by atoms with Gasteiger partial charge < -0.3 is 4.74 Å². The van der Waals surface area contributed by atoms with Gasteiger partial charge in [0.05, 0.1) is 5.60 Å². The van der Waals surface area contributed by atoms with Crippen LogP contribution in [0.15, 0.2) is 0 Å². The van der Waals surface area contributed by atoms with Crippen LogP contribution in [0.1, 0.15) is 13.8 Å². The molecule has 12 heavy (non-hydrogen) atoms. The Morgan fingerprint density at radius 3 is 2.58 bits per heavy atom. The van der Waals surface area contributed by atoms with E-state index in [-0.39, 0.29) is 0 Å². The van der Waals surface area contributed by atoms with Gasteiger partial charge in [-0.2, -0.15) is 0 Å². The molecule has 0 aromatic rings. The maximum atomic E-state index is 11.2. The van der Waals surface area contributed by atoms with Crippen molar-refractivity contribution in [1.29, 1.82) is 0 Å². The minimum atomic E-state index is -0.549. The molecule has 0 aromatic heterocycles. The number of likely N-dealkylation sites (N-methyl/N-ethyl adjacent to an activating group) is 1. The maximum Gasteiger partial charge on any atom is 0.215 e. The summed E-state index contributed by atoms with van der Waals surface area (Å²) in [6.07, 6.45) is 0.359. The van der Waals surface area contributed by atoms with Gasteiger partial charge in [-0.3, -0.25) is 14.5 Å². The van der Waals surface area contributed by atoms with Crippen LogP contribution in [0.3, 0.4) is 0 Å². The number of Topliss-reactive ketones (excluding diaryl/α,β-unsaturated/α-hetero) is 1. The zero-order valence-electron chi connectivity index (χ0n) is 7.53. The molecule has 4 heteroatoms. The highest BCUT2D eigenvalue weighted by Gasteiger charge is 2.44. The molecule has 0 bridgehead atoms. The van der Waals surface area contributed by atoms with Gasteiger partial charge in [-0.05, 0) is 20.9 Å². The summed E-state index contributed by atoms with van der Waals surface area (Å²) in [7, 11) is 1.76. The molecular formula is C8H13NO3. The third-order valence-electron chi connectivity index (χ3n) is 2.13. The summed E-state index contributed by atoms with van der Waals surface area (Å²) in [6.45, 7) is 4.02. The normalized spacial score (nSPS) is 28.8. The Kier molecular flexibility index (Phi) is 2.30. The Morgan fingerprint density at radius 1 is 1.67 bits per heavy atom. The lowest BCUT2D eigenvalue weighted by molar-refractivity contribution is -0.134. The first-order chi connectivity index (χ1) is 5.49. The molecule has 4 nitrogen and oxygen atoms in total. The van der Waals surface area contributed by atoms with Crippen LogP contribution in [0.2, 0.25) is 0 Å². The number of nitrogens with zero attached hydrogens (tertiary/aromatic N) is 1. The molecule has 1 rings (SSSR count). The summed E-state index contributed by atoms with van der Waals surface area (Å²) in [5.41, 5.74) is -0.549. The third kappa shape index (κ3) is 1.40. The van der Waals surface area contributed by atoms with Gasteiger partial charge >= 0.3 is 0 Å². The molecule has 1 atom stereocenters. The highest BCUT2D eigenvalue weighted by atomic mass is 16.5. The van der Waals surface area contributed by atoms with Crippen molar-refractivity contribution in [1.82, 2.24) is 4.90 Å². The summed E-state index contributed by atoms with van der Waals surface area (Å²) < 4.78 is 5.33. The van der Waals surface area contributed by atoms with E-state index in [4.69, 9.17) is 4.74 Å². The van der Waals surface area contributed by atoms with E-state index in [2.05, 4.69) is 0 Å². The molecule has 68 valence electrons. The van der Waals surface area contributed by atoms with Crippen molar-refractivity contribution < 1.29 is 14.3 Å². The quantitative estimate of drug-likeness (QED) is 0.427. The van der Waals surface area contributed by atoms with Gasteiger partial charge in [0.2, 0.25) is 5.78 Å². The minimum absolute atomic E-state index is 0.359. The number of aldehydes is 1. The van der Waals surface area contributed by atoms with Crippen LogP contribution >= 0.6 is 0 Å². The third-order valence-corrected chi connectivity index (χ3v) is 2.13. The van der Waals surface area contributed by atoms with E-state index in [1.54, 1.807) is 11.9 Å². The highest BCUT2D eigenvalue weighted by molar-refractivity contribution is 6.27. The molecule has 1 aliphatic heterocycles. The van der Waals surface area contributed by atoms with E-state index in [1.807, 2.05) is 13.8 Å². The van der Waals surface area contributed by atoms with Crippen LogP contribution in [0, 0.1) is 0 Å². The van der Waals surface area contributed by atoms with Crippen molar-refractivity contribution in [2.75, 3.05) is 13.8 Å². The maximum absolute atomic E-state index is 11.2. The monoisotopic (exact) mass is 171 g/mol. The summed E-state index contributed by atoms with van der Waals surface area (Å²) in [5.74, 6) is -0.417. The molecule has 1 heterocycles. The second kappa shape index (κ2) is 2.95. The Bertz CT molecular complexity index is 212. The molecule has 1 aliphatic rings. The summed E-state index contributed by atoms with van der Waals surface area (Å²) in [6, 6.07) is -0.435. The zero-order chi connectivity index (χ0) is 9.35. The van der Waals surface area contributed by atoms with Gasteiger partial charge in [0.15, 0.2) is 6.29 Å². The fraction of sp³-hybridized carbons (Fsp3) is 0.750. The molecular weight excluding hydrogens is 158 g/mol. The van der Waals surface area contributed by atoms with Crippen molar-refractivity contribution in [3.63, 3.8) is 0 Å². The largest absolute Gasteiger partial charge is 0.358 e. The molecule has 0 saturated carbocycles. The number of carbonyl (C=O) groups excluding carboxylic acids is 2. The van der Waals surface area contributed by atoms with E-state index >= 15 is 0 Å². The van der Waals surface area contributed by atoms with Crippen LogP contribution in [0.25, 0.3) is 0 Å². The Hall–Kier alpha value is -0.740. The predicted molar refractivity (Wildman–Crippen MR) is 42.7 cm³/mol. The van der Waals surface area contributed by atoms with Gasteiger partial charge in [0, 0.05) is 0 Å². The summed E-state index contributed by atoms with van der Waals surface area (Å²) >= 11 is 0. The van der Waals surface area contributed by atoms with Crippen molar-refractivity contribution in [2.45, 2.75) is 25.5 Å². The molecule has 0 aromatic carbocycles. The van der Waals surface area contributed by atoms with E-state index in [9.17, 15) is 9.59 Å². The lowest BCUT2D eigenvalue weighted by Crippen LogP contribution is -2.46. The topological polar surface area (TPSA) is 46.6 Å². The van der Waals surface area contributed by atoms with Gasteiger partial charge in [-0.1, -0.05) is 0 Å². The second-order valence-electron chi connectivity index (χ2n) is 3.56. The fourth-order valence-electron chi connectivity index (χ4n) is 1.58. The number of carbonyl (C=O) groups is 2. The zero-order valence-corrected chi connectivity index (χ0v) is 7.53. The van der Waals surface area contributed by atoms with Gasteiger partial charge in [0.25, 0.3) is 0 Å². The van der Waals surface area contributed by atoms with Crippen molar-refractivity contribution in [3.8, 4) is 0 Å². The molecule has 0 amide bonds. The average molecular weight is 171 g/mol. The number of ether oxygens (including phenoxy) is 1. The van der Waals surface area contributed by atoms with Gasteiger partial charge in [0.1, 0.15) is 12.8 Å². The van der Waals surface area contributed by atoms with Crippen LogP contribution in [0.4, 0.5) is 0 Å². The lowest BCUT2D eigenvalue weighted by Gasteiger charge is -2.24. The molecule has 0 aliphatic carbocycles. The molecule has 1 saturated heterocycles. The van der Waals surface area contributed by atoms with Crippen molar-refractivity contribution in [2.24, 2.45) is 0 Å². The first-order valence-corrected chi connectivity index (χ1v) is 3.82. The van der Waals surface area contributed by atoms with Crippen molar-refractivity contribution in [3.05, 3.63) is 0 Å². The molecule has 0 N–H and O–H groups in total. The van der Waals surface area contributed by atoms with Gasteiger partial charge in [-0.25, -0.2) is 0 Å². The summed E-state index contributed by atoms with van der Waals surface area (Å²) in [5, 5.41) is 0. The number of ketones is 1. The fourth-order valence-corrected chi connectivity index (χ4v) is 1.58. The lowest BCUT2D eigenvalue weighted by atomic mass is 9.96. The van der Waals surface area contributed by atoms with Crippen LogP contribution < -0.4 is 0 Å². The van der Waals surface area contributed by atoms with E-state index < -0.39 is 17.4 Å². The molecule has 0 spiro atoms. The number of rotatable bonds is 2. The average Bonchev–Trinajstić information content (AvgIpc) is 2.25. The Morgan fingerprint density at radius 2 is 2.25 bits per heavy atom. The van der Waals surface area contributed by atoms with Crippen LogP contribution in [-0.4, -0.2) is 42.4 Å². The number of hydrogen-bond acceptors (Lipinski definition) is 4. The van der Waals surface area contributed by atoms with E-state index in [1.165, 1.54) is 0 Å². The van der Waals surface area contributed by atoms with Crippen molar-refractivity contribution >= 4 is 12.1 Å². The summed E-state index contributed by atoms with van der Waals surface area (Å²) in [4.78, 5) is 23.2. The molecule has 1 unspecified atom stereocenters. The Labute approximate surface area is 71.5 Å². The van der Waals surface area contributed by atoms with Gasteiger partial charge in [-0.15, -0.1) is 0 Å². The molecule has 0 radical (unpaired) electrons.